The largest absolute Gasteiger partial charge is 0.483 e. The molecule has 2 aromatic rings. The first-order valence-electron chi connectivity index (χ1n) is 7.54. The average molecular weight is 328 g/mol. The molecule has 24 heavy (non-hydrogen) atoms. The third-order valence-electron chi connectivity index (χ3n) is 3.93. The maximum absolute atomic E-state index is 12.1. The molecule has 0 aliphatic carbocycles. The lowest BCUT2D eigenvalue weighted by Gasteiger charge is -2.14. The third kappa shape index (κ3) is 3.90. The monoisotopic (exact) mass is 328 g/mol. The SMILES string of the molecule is Cc1ccc([N+](=O)[O-])cc1NC(=O)COc1c(C)ccc(C)c1C. The molecular weight excluding hydrogens is 308 g/mol. The number of carbonyl (C=O) groups excluding carboxylic acids is 1. The number of carbonyl (C=O) groups is 1. The van der Waals surface area contributed by atoms with E-state index in [1.54, 1.807) is 13.0 Å². The zero-order valence-electron chi connectivity index (χ0n) is 14.2. The Labute approximate surface area is 140 Å². The van der Waals surface area contributed by atoms with Gasteiger partial charge in [0, 0.05) is 12.1 Å². The van der Waals surface area contributed by atoms with Gasteiger partial charge in [-0.05, 0) is 49.9 Å². The first-order valence-corrected chi connectivity index (χ1v) is 7.54. The number of aryl methyl sites for hydroxylation is 3. The topological polar surface area (TPSA) is 81.5 Å². The van der Waals surface area contributed by atoms with Gasteiger partial charge in [0.1, 0.15) is 5.75 Å². The van der Waals surface area contributed by atoms with Crippen molar-refractivity contribution in [3.8, 4) is 5.75 Å². The highest BCUT2D eigenvalue weighted by Crippen LogP contribution is 2.26. The number of nitrogens with one attached hydrogen (secondary N) is 1. The van der Waals surface area contributed by atoms with Crippen LogP contribution >= 0.6 is 0 Å². The molecule has 0 unspecified atom stereocenters. The molecule has 0 aliphatic heterocycles. The van der Waals surface area contributed by atoms with Gasteiger partial charge in [-0.25, -0.2) is 0 Å². The predicted molar refractivity (Wildman–Crippen MR) is 92.6 cm³/mol. The molecule has 0 saturated heterocycles. The third-order valence-corrected chi connectivity index (χ3v) is 3.93. The minimum Gasteiger partial charge on any atom is -0.483 e. The molecule has 0 spiro atoms. The van der Waals surface area contributed by atoms with Crippen LogP contribution in [0.5, 0.6) is 5.75 Å². The van der Waals surface area contributed by atoms with Crippen LogP contribution in [0.2, 0.25) is 0 Å². The number of hydrogen-bond donors (Lipinski definition) is 1. The van der Waals surface area contributed by atoms with Crippen LogP contribution in [0, 0.1) is 37.8 Å². The van der Waals surface area contributed by atoms with Crippen molar-refractivity contribution in [3.05, 3.63) is 62.7 Å². The van der Waals surface area contributed by atoms with E-state index >= 15 is 0 Å². The van der Waals surface area contributed by atoms with Crippen LogP contribution in [-0.4, -0.2) is 17.4 Å². The van der Waals surface area contributed by atoms with E-state index in [-0.39, 0.29) is 18.2 Å². The maximum Gasteiger partial charge on any atom is 0.271 e. The number of non-ortho nitro benzene ring substituents is 1. The second-order valence-electron chi connectivity index (χ2n) is 5.75. The van der Waals surface area contributed by atoms with Crippen LogP contribution in [0.3, 0.4) is 0 Å². The molecule has 6 nitrogen and oxygen atoms in total. The van der Waals surface area contributed by atoms with Crippen molar-refractivity contribution in [2.45, 2.75) is 27.7 Å². The fourth-order valence-corrected chi connectivity index (χ4v) is 2.33. The highest BCUT2D eigenvalue weighted by molar-refractivity contribution is 5.93. The standard InChI is InChI=1S/C18H20N2O4/c1-11-5-6-13(3)18(14(11)4)24-10-17(21)19-16-9-15(20(22)23)8-7-12(16)2/h5-9H,10H2,1-4H3,(H,19,21). The molecule has 2 rings (SSSR count). The molecule has 0 radical (unpaired) electrons. The number of ether oxygens (including phenoxy) is 1. The normalized spacial score (nSPS) is 10.3. The molecule has 0 aromatic heterocycles. The van der Waals surface area contributed by atoms with E-state index in [2.05, 4.69) is 5.32 Å². The zero-order valence-corrected chi connectivity index (χ0v) is 14.2. The Morgan fingerprint density at radius 2 is 1.71 bits per heavy atom. The molecule has 0 heterocycles. The summed E-state index contributed by atoms with van der Waals surface area (Å²) < 4.78 is 5.65. The molecule has 2 aromatic carbocycles. The van der Waals surface area contributed by atoms with E-state index < -0.39 is 4.92 Å². The quantitative estimate of drug-likeness (QED) is 0.668. The summed E-state index contributed by atoms with van der Waals surface area (Å²) in [4.78, 5) is 22.5. The minimum absolute atomic E-state index is 0.0674. The van der Waals surface area contributed by atoms with E-state index in [4.69, 9.17) is 4.74 Å². The van der Waals surface area contributed by atoms with Crippen molar-refractivity contribution in [1.82, 2.24) is 0 Å². The molecule has 126 valence electrons. The zero-order chi connectivity index (χ0) is 17.9. The van der Waals surface area contributed by atoms with Gasteiger partial charge in [-0.1, -0.05) is 18.2 Å². The molecule has 0 fully saturated rings. The Morgan fingerprint density at radius 1 is 1.08 bits per heavy atom. The van der Waals surface area contributed by atoms with E-state index in [0.717, 1.165) is 22.3 Å². The van der Waals surface area contributed by atoms with Crippen molar-refractivity contribution in [2.75, 3.05) is 11.9 Å². The molecule has 0 atom stereocenters. The van der Waals surface area contributed by atoms with E-state index in [1.165, 1.54) is 12.1 Å². The van der Waals surface area contributed by atoms with E-state index in [0.29, 0.717) is 11.4 Å². The summed E-state index contributed by atoms with van der Waals surface area (Å²) in [5, 5.41) is 13.5. The van der Waals surface area contributed by atoms with Gasteiger partial charge in [0.15, 0.2) is 6.61 Å². The number of anilines is 1. The van der Waals surface area contributed by atoms with Gasteiger partial charge in [-0.15, -0.1) is 0 Å². The highest BCUT2D eigenvalue weighted by Gasteiger charge is 2.13. The lowest BCUT2D eigenvalue weighted by Crippen LogP contribution is -2.21. The van der Waals surface area contributed by atoms with Gasteiger partial charge < -0.3 is 10.1 Å². The summed E-state index contributed by atoms with van der Waals surface area (Å²) in [5.41, 5.74) is 4.13. The van der Waals surface area contributed by atoms with Crippen LogP contribution in [0.4, 0.5) is 11.4 Å². The van der Waals surface area contributed by atoms with Crippen LogP contribution in [-0.2, 0) is 4.79 Å². The molecule has 1 N–H and O–H groups in total. The number of nitro benzene ring substituents is 1. The van der Waals surface area contributed by atoms with Crippen LogP contribution in [0.15, 0.2) is 30.3 Å². The lowest BCUT2D eigenvalue weighted by molar-refractivity contribution is -0.384. The second kappa shape index (κ2) is 7.12. The number of amides is 1. The summed E-state index contributed by atoms with van der Waals surface area (Å²) in [6.45, 7) is 7.46. The average Bonchev–Trinajstić information content (AvgIpc) is 2.53. The number of nitro groups is 1. The van der Waals surface area contributed by atoms with Gasteiger partial charge in [0.05, 0.1) is 10.6 Å². The van der Waals surface area contributed by atoms with E-state index in [9.17, 15) is 14.9 Å². The lowest BCUT2D eigenvalue weighted by atomic mass is 10.1. The van der Waals surface area contributed by atoms with Crippen molar-refractivity contribution in [1.29, 1.82) is 0 Å². The first-order chi connectivity index (χ1) is 11.3. The fraction of sp³-hybridized carbons (Fsp3) is 0.278. The van der Waals surface area contributed by atoms with E-state index in [1.807, 2.05) is 32.9 Å². The number of rotatable bonds is 5. The molecule has 0 saturated carbocycles. The van der Waals surface area contributed by atoms with Crippen LogP contribution in [0.25, 0.3) is 0 Å². The van der Waals surface area contributed by atoms with Crippen molar-refractivity contribution in [3.63, 3.8) is 0 Å². The fourth-order valence-electron chi connectivity index (χ4n) is 2.33. The summed E-state index contributed by atoms with van der Waals surface area (Å²) in [5.74, 6) is 0.333. The Kier molecular flexibility index (Phi) is 5.18. The highest BCUT2D eigenvalue weighted by atomic mass is 16.6. The van der Waals surface area contributed by atoms with Gasteiger partial charge in [-0.3, -0.25) is 14.9 Å². The van der Waals surface area contributed by atoms with Gasteiger partial charge in [-0.2, -0.15) is 0 Å². The molecule has 0 aliphatic rings. The molecular formula is C18H20N2O4. The summed E-state index contributed by atoms with van der Waals surface area (Å²) in [7, 11) is 0. The molecule has 1 amide bonds. The second-order valence-corrected chi connectivity index (χ2v) is 5.75. The Bertz CT molecular complexity index is 800. The number of nitrogens with zero attached hydrogens (tertiary/aromatic N) is 1. The molecule has 0 bridgehead atoms. The summed E-state index contributed by atoms with van der Waals surface area (Å²) >= 11 is 0. The summed E-state index contributed by atoms with van der Waals surface area (Å²) in [6.07, 6.45) is 0. The van der Waals surface area contributed by atoms with Gasteiger partial charge in [0.2, 0.25) is 0 Å². The van der Waals surface area contributed by atoms with Crippen molar-refractivity contribution >= 4 is 17.3 Å². The Morgan fingerprint density at radius 3 is 2.38 bits per heavy atom. The van der Waals surface area contributed by atoms with Crippen molar-refractivity contribution in [2.24, 2.45) is 0 Å². The Hall–Kier alpha value is -2.89. The Balaban J connectivity index is 2.09. The minimum atomic E-state index is -0.495. The summed E-state index contributed by atoms with van der Waals surface area (Å²) in [6, 6.07) is 8.30. The van der Waals surface area contributed by atoms with Crippen molar-refractivity contribution < 1.29 is 14.5 Å². The maximum atomic E-state index is 12.1. The molecule has 6 heteroatoms. The first kappa shape index (κ1) is 17.5. The smallest absolute Gasteiger partial charge is 0.271 e. The number of benzene rings is 2. The van der Waals surface area contributed by atoms with Gasteiger partial charge >= 0.3 is 0 Å². The van der Waals surface area contributed by atoms with Crippen LogP contribution in [0.1, 0.15) is 22.3 Å². The number of hydrogen-bond acceptors (Lipinski definition) is 4. The van der Waals surface area contributed by atoms with Crippen LogP contribution < -0.4 is 10.1 Å². The predicted octanol–water partition coefficient (Wildman–Crippen LogP) is 3.85. The van der Waals surface area contributed by atoms with Gasteiger partial charge in [0.25, 0.3) is 11.6 Å².